The van der Waals surface area contributed by atoms with Gasteiger partial charge in [0.15, 0.2) is 0 Å². The number of hydrogen-bond acceptors (Lipinski definition) is 3. The minimum atomic E-state index is 0.170. The molecule has 2 aromatic carbocycles. The molecule has 3 nitrogen and oxygen atoms in total. The number of hydrogen-bond donors (Lipinski definition) is 1. The Balaban J connectivity index is 2.10. The Morgan fingerprint density at radius 1 is 1.05 bits per heavy atom. The zero-order valence-corrected chi connectivity index (χ0v) is 11.0. The fraction of sp³-hybridized carbons (Fsp3) is 0.0625. The summed E-state index contributed by atoms with van der Waals surface area (Å²) in [4.78, 5) is 4.28. The molecule has 0 amide bonds. The summed E-state index contributed by atoms with van der Waals surface area (Å²) in [6, 6.07) is 12.3. The van der Waals surface area contributed by atoms with Gasteiger partial charge in [0, 0.05) is 17.6 Å². The molecule has 96 valence electrons. The van der Waals surface area contributed by atoms with Gasteiger partial charge in [-0.25, -0.2) is 0 Å². The largest absolute Gasteiger partial charge is 0.508 e. The number of fused-ring (bicyclic) bond motifs is 1. The van der Waals surface area contributed by atoms with Crippen LogP contribution < -0.4 is 10.2 Å². The third kappa shape index (κ3) is 2.32. The van der Waals surface area contributed by atoms with Crippen LogP contribution in [0.1, 0.15) is 5.56 Å². The fourth-order valence-electron chi connectivity index (χ4n) is 2.04. The average Bonchev–Trinajstić information content (AvgIpc) is 2.43. The Morgan fingerprint density at radius 3 is 2.75 bits per heavy atom. The summed E-state index contributed by atoms with van der Waals surface area (Å²) in [6.07, 6.45) is 1.69. The van der Waals surface area contributed by atoms with Crippen LogP contribution in [0, 0.1) is 6.92 Å². The number of pyridine rings is 1. The molecule has 20 heavy (non-hydrogen) atoms. The van der Waals surface area contributed by atoms with Gasteiger partial charge in [0.2, 0.25) is 0 Å². The number of phenolic OH excluding ortho intramolecular Hbond substituents is 1. The summed E-state index contributed by atoms with van der Waals surface area (Å²) in [6.45, 7) is 1.92. The molecule has 0 fully saturated rings. The second-order valence-corrected chi connectivity index (χ2v) is 4.64. The van der Waals surface area contributed by atoms with E-state index in [2.05, 4.69) is 4.98 Å². The Bertz CT molecular complexity index is 787. The monoisotopic (exact) mass is 261 g/mol. The molecule has 4 heteroatoms. The standard InChI is InChI=1S/C16H12BNO2/c1-10-2-4-12(19)9-16(10)20-15-6-7-18-14-5-3-11(17)8-13(14)15/h2-9,19H,1H3. The smallest absolute Gasteiger partial charge is 0.138 e. The molecule has 1 aromatic heterocycles. The maximum absolute atomic E-state index is 9.56. The highest BCUT2D eigenvalue weighted by Gasteiger charge is 2.07. The summed E-state index contributed by atoms with van der Waals surface area (Å²) in [7, 11) is 5.82. The molecule has 0 bridgehead atoms. The highest BCUT2D eigenvalue weighted by atomic mass is 16.5. The molecule has 0 saturated carbocycles. The molecule has 0 aliphatic rings. The molecule has 0 aliphatic carbocycles. The summed E-state index contributed by atoms with van der Waals surface area (Å²) in [5.74, 6) is 1.44. The van der Waals surface area contributed by atoms with E-state index in [0.717, 1.165) is 16.5 Å². The Labute approximate surface area is 118 Å². The first-order valence-electron chi connectivity index (χ1n) is 6.25. The number of aryl methyl sites for hydroxylation is 1. The summed E-state index contributed by atoms with van der Waals surface area (Å²) < 4.78 is 5.90. The van der Waals surface area contributed by atoms with E-state index in [1.165, 1.54) is 0 Å². The number of aromatic nitrogens is 1. The van der Waals surface area contributed by atoms with Gasteiger partial charge in [0.05, 0.1) is 5.52 Å². The molecular weight excluding hydrogens is 249 g/mol. The van der Waals surface area contributed by atoms with E-state index in [4.69, 9.17) is 12.6 Å². The topological polar surface area (TPSA) is 42.4 Å². The van der Waals surface area contributed by atoms with Crippen LogP contribution in [0.15, 0.2) is 48.7 Å². The first kappa shape index (κ1) is 12.5. The minimum absolute atomic E-state index is 0.170. The van der Waals surface area contributed by atoms with Crippen LogP contribution in [0.5, 0.6) is 17.2 Å². The summed E-state index contributed by atoms with van der Waals surface area (Å²) >= 11 is 0. The predicted molar refractivity (Wildman–Crippen MR) is 80.0 cm³/mol. The fourth-order valence-corrected chi connectivity index (χ4v) is 2.04. The zero-order chi connectivity index (χ0) is 14.1. The third-order valence-corrected chi connectivity index (χ3v) is 3.12. The highest BCUT2D eigenvalue weighted by molar-refractivity contribution is 6.33. The Hall–Kier alpha value is -2.49. The van der Waals surface area contributed by atoms with Crippen molar-refractivity contribution in [3.05, 3.63) is 54.2 Å². The van der Waals surface area contributed by atoms with Gasteiger partial charge in [-0.15, -0.1) is 0 Å². The molecule has 0 atom stereocenters. The molecule has 0 spiro atoms. The van der Waals surface area contributed by atoms with Gasteiger partial charge in [-0.05, 0) is 30.7 Å². The second kappa shape index (κ2) is 4.89. The van der Waals surface area contributed by atoms with E-state index < -0.39 is 0 Å². The van der Waals surface area contributed by atoms with Crippen molar-refractivity contribution in [2.24, 2.45) is 0 Å². The maximum Gasteiger partial charge on any atom is 0.138 e. The molecule has 3 rings (SSSR count). The third-order valence-electron chi connectivity index (χ3n) is 3.12. The van der Waals surface area contributed by atoms with Gasteiger partial charge in [0.1, 0.15) is 25.1 Å². The van der Waals surface area contributed by atoms with E-state index in [0.29, 0.717) is 17.0 Å². The normalized spacial score (nSPS) is 10.7. The molecule has 0 saturated heterocycles. The number of aromatic hydroxyl groups is 1. The lowest BCUT2D eigenvalue weighted by atomic mass is 9.94. The molecule has 3 aromatic rings. The van der Waals surface area contributed by atoms with Crippen LogP contribution in [0.4, 0.5) is 0 Å². The van der Waals surface area contributed by atoms with Crippen molar-refractivity contribution in [1.29, 1.82) is 0 Å². The quantitative estimate of drug-likeness (QED) is 0.721. The van der Waals surface area contributed by atoms with E-state index >= 15 is 0 Å². The van der Waals surface area contributed by atoms with Crippen molar-refractivity contribution >= 4 is 24.2 Å². The SMILES string of the molecule is [B]c1ccc2nccc(Oc3cc(O)ccc3C)c2c1. The average molecular weight is 261 g/mol. The van der Waals surface area contributed by atoms with Crippen molar-refractivity contribution < 1.29 is 9.84 Å². The van der Waals surface area contributed by atoms with E-state index in [-0.39, 0.29) is 5.75 Å². The predicted octanol–water partition coefficient (Wildman–Crippen LogP) is 2.83. The van der Waals surface area contributed by atoms with Crippen LogP contribution in [0.25, 0.3) is 10.9 Å². The van der Waals surface area contributed by atoms with Gasteiger partial charge >= 0.3 is 0 Å². The van der Waals surface area contributed by atoms with Gasteiger partial charge in [-0.3, -0.25) is 4.98 Å². The van der Waals surface area contributed by atoms with Crippen LogP contribution in [-0.2, 0) is 0 Å². The first-order chi connectivity index (χ1) is 9.63. The van der Waals surface area contributed by atoms with Crippen LogP contribution >= 0.6 is 0 Å². The summed E-state index contributed by atoms with van der Waals surface area (Å²) in [5.41, 5.74) is 2.41. The van der Waals surface area contributed by atoms with Crippen molar-refractivity contribution in [1.82, 2.24) is 4.98 Å². The highest BCUT2D eigenvalue weighted by Crippen LogP contribution is 2.31. The number of ether oxygens (including phenoxy) is 1. The lowest BCUT2D eigenvalue weighted by Crippen LogP contribution is -2.01. The van der Waals surface area contributed by atoms with Gasteiger partial charge in [0.25, 0.3) is 0 Å². The molecule has 0 aliphatic heterocycles. The Morgan fingerprint density at radius 2 is 1.90 bits per heavy atom. The maximum atomic E-state index is 9.56. The van der Waals surface area contributed by atoms with Crippen molar-refractivity contribution in [2.45, 2.75) is 6.92 Å². The Kier molecular flexibility index (Phi) is 3.07. The molecule has 1 heterocycles. The van der Waals surface area contributed by atoms with Gasteiger partial charge in [-0.1, -0.05) is 23.7 Å². The lowest BCUT2D eigenvalue weighted by molar-refractivity contribution is 0.455. The molecular formula is C16H12BNO2. The molecule has 1 N–H and O–H groups in total. The lowest BCUT2D eigenvalue weighted by Gasteiger charge is -2.11. The van der Waals surface area contributed by atoms with Gasteiger partial charge in [-0.2, -0.15) is 0 Å². The number of rotatable bonds is 2. The minimum Gasteiger partial charge on any atom is -0.508 e. The van der Waals surface area contributed by atoms with E-state index in [9.17, 15) is 5.11 Å². The zero-order valence-electron chi connectivity index (χ0n) is 11.0. The second-order valence-electron chi connectivity index (χ2n) is 4.64. The van der Waals surface area contributed by atoms with Crippen molar-refractivity contribution in [3.8, 4) is 17.2 Å². The van der Waals surface area contributed by atoms with Crippen molar-refractivity contribution in [2.75, 3.05) is 0 Å². The van der Waals surface area contributed by atoms with E-state index in [1.807, 2.05) is 25.1 Å². The van der Waals surface area contributed by atoms with Gasteiger partial charge < -0.3 is 9.84 Å². The van der Waals surface area contributed by atoms with Crippen LogP contribution in [0.3, 0.4) is 0 Å². The number of benzene rings is 2. The first-order valence-corrected chi connectivity index (χ1v) is 6.25. The van der Waals surface area contributed by atoms with Crippen LogP contribution in [-0.4, -0.2) is 17.9 Å². The van der Waals surface area contributed by atoms with E-state index in [1.54, 1.807) is 30.5 Å². The molecule has 0 unspecified atom stereocenters. The van der Waals surface area contributed by atoms with Crippen LogP contribution in [0.2, 0.25) is 0 Å². The number of phenols is 1. The summed E-state index contributed by atoms with van der Waals surface area (Å²) in [5, 5.41) is 10.4. The van der Waals surface area contributed by atoms with Crippen molar-refractivity contribution in [3.63, 3.8) is 0 Å². The molecule has 2 radical (unpaired) electrons. The number of nitrogens with zero attached hydrogens (tertiary/aromatic N) is 1.